The van der Waals surface area contributed by atoms with E-state index in [4.69, 9.17) is 0 Å². The molecule has 0 saturated heterocycles. The third-order valence-electron chi connectivity index (χ3n) is 5.47. The van der Waals surface area contributed by atoms with Crippen LogP contribution in [-0.2, 0) is 6.54 Å². The van der Waals surface area contributed by atoms with Crippen LogP contribution < -0.4 is 5.32 Å². The first-order valence-electron chi connectivity index (χ1n) is 10.6. The summed E-state index contributed by atoms with van der Waals surface area (Å²) in [6.45, 7) is 12.7. The van der Waals surface area contributed by atoms with Crippen molar-refractivity contribution in [2.75, 3.05) is 19.6 Å². The molecule has 0 aliphatic heterocycles. The molecule has 5 nitrogen and oxygen atoms in total. The van der Waals surface area contributed by atoms with Gasteiger partial charge in [-0.25, -0.2) is 4.98 Å². The van der Waals surface area contributed by atoms with Crippen LogP contribution in [0.3, 0.4) is 0 Å². The summed E-state index contributed by atoms with van der Waals surface area (Å²) < 4.78 is 2.26. The summed E-state index contributed by atoms with van der Waals surface area (Å²) in [5.74, 6) is -0.0815. The summed E-state index contributed by atoms with van der Waals surface area (Å²) in [6, 6.07) is 10.7. The highest BCUT2D eigenvalue weighted by molar-refractivity contribution is 7.13. The van der Waals surface area contributed by atoms with Crippen molar-refractivity contribution in [1.82, 2.24) is 19.8 Å². The molecule has 2 aromatic heterocycles. The zero-order chi connectivity index (χ0) is 20.8. The molecule has 3 rings (SSSR count). The number of benzene rings is 1. The number of nitrogens with one attached hydrogen (secondary N) is 1. The molecule has 29 heavy (non-hydrogen) atoms. The number of carbonyl (C=O) groups is 1. The zero-order valence-electron chi connectivity index (χ0n) is 17.9. The third kappa shape index (κ3) is 5.06. The predicted molar refractivity (Wildman–Crippen MR) is 123 cm³/mol. The van der Waals surface area contributed by atoms with Gasteiger partial charge >= 0.3 is 0 Å². The number of carbonyl (C=O) groups excluding carboxylic acids is 1. The summed E-state index contributed by atoms with van der Waals surface area (Å²) in [4.78, 5) is 19.7. The first-order chi connectivity index (χ1) is 14.1. The molecule has 0 spiro atoms. The van der Waals surface area contributed by atoms with E-state index in [1.807, 2.05) is 5.38 Å². The Kier molecular flexibility index (Phi) is 7.45. The van der Waals surface area contributed by atoms with Crippen LogP contribution in [0, 0.1) is 0 Å². The quantitative estimate of drug-likeness (QED) is 0.508. The van der Waals surface area contributed by atoms with Gasteiger partial charge in [0.2, 0.25) is 0 Å². The number of nitrogens with zero attached hydrogens (tertiary/aromatic N) is 3. The first-order valence-corrected chi connectivity index (χ1v) is 11.5. The largest absolute Gasteiger partial charge is 0.348 e. The lowest BCUT2D eigenvalue weighted by Gasteiger charge is -2.19. The van der Waals surface area contributed by atoms with Gasteiger partial charge in [0.25, 0.3) is 5.91 Å². The second-order valence-corrected chi connectivity index (χ2v) is 8.27. The second kappa shape index (κ2) is 10.0. The van der Waals surface area contributed by atoms with Gasteiger partial charge < -0.3 is 14.8 Å². The average molecular weight is 413 g/mol. The Morgan fingerprint density at radius 2 is 2.00 bits per heavy atom. The van der Waals surface area contributed by atoms with Crippen LogP contribution in [0.25, 0.3) is 21.6 Å². The van der Waals surface area contributed by atoms with Gasteiger partial charge in [-0.3, -0.25) is 4.79 Å². The van der Waals surface area contributed by atoms with Crippen molar-refractivity contribution in [3.05, 3.63) is 41.4 Å². The van der Waals surface area contributed by atoms with E-state index in [0.717, 1.165) is 49.7 Å². The third-order valence-corrected chi connectivity index (χ3v) is 6.33. The smallest absolute Gasteiger partial charge is 0.270 e. The maximum Gasteiger partial charge on any atom is 0.270 e. The lowest BCUT2D eigenvalue weighted by Crippen LogP contribution is -2.33. The highest BCUT2D eigenvalue weighted by Crippen LogP contribution is 2.30. The molecule has 0 saturated carbocycles. The Morgan fingerprint density at radius 3 is 2.72 bits per heavy atom. The average Bonchev–Trinajstić information content (AvgIpc) is 3.35. The van der Waals surface area contributed by atoms with Crippen molar-refractivity contribution < 1.29 is 4.79 Å². The SMILES string of the molecule is CCN(CC)CCCC(C)NC(=O)c1csc(-c2cc3ccccc3n2CC)n1. The van der Waals surface area contributed by atoms with Gasteiger partial charge in [0.15, 0.2) is 0 Å². The number of hydrogen-bond acceptors (Lipinski definition) is 4. The molecule has 0 bridgehead atoms. The van der Waals surface area contributed by atoms with Crippen molar-refractivity contribution in [3.63, 3.8) is 0 Å². The zero-order valence-corrected chi connectivity index (χ0v) is 18.8. The number of thiazole rings is 1. The molecular weight excluding hydrogens is 380 g/mol. The molecular formula is C23H32N4OS. The Labute approximate surface area is 177 Å². The molecule has 0 fully saturated rings. The molecule has 6 heteroatoms. The molecule has 2 heterocycles. The van der Waals surface area contributed by atoms with Gasteiger partial charge in [-0.2, -0.15) is 0 Å². The first kappa shape index (κ1) is 21.5. The van der Waals surface area contributed by atoms with Gasteiger partial charge in [0, 0.05) is 28.9 Å². The number of hydrogen-bond donors (Lipinski definition) is 1. The minimum atomic E-state index is -0.0815. The normalized spacial score (nSPS) is 12.6. The van der Waals surface area contributed by atoms with Gasteiger partial charge in [0.05, 0.1) is 5.69 Å². The fourth-order valence-corrected chi connectivity index (χ4v) is 4.58. The Balaban J connectivity index is 1.65. The van der Waals surface area contributed by atoms with E-state index in [0.29, 0.717) is 5.69 Å². The molecule has 3 aromatic rings. The summed E-state index contributed by atoms with van der Waals surface area (Å²) in [7, 11) is 0. The van der Waals surface area contributed by atoms with E-state index in [1.165, 1.54) is 22.2 Å². The Bertz CT molecular complexity index is 941. The van der Waals surface area contributed by atoms with Gasteiger partial charge in [-0.1, -0.05) is 32.0 Å². The molecule has 0 aliphatic carbocycles. The molecule has 1 amide bonds. The summed E-state index contributed by atoms with van der Waals surface area (Å²) >= 11 is 1.53. The molecule has 1 atom stereocenters. The van der Waals surface area contributed by atoms with Crippen molar-refractivity contribution in [2.24, 2.45) is 0 Å². The molecule has 0 radical (unpaired) electrons. The molecule has 1 aromatic carbocycles. The Hall–Kier alpha value is -2.18. The summed E-state index contributed by atoms with van der Waals surface area (Å²) in [5.41, 5.74) is 2.78. The lowest BCUT2D eigenvalue weighted by molar-refractivity contribution is 0.0933. The van der Waals surface area contributed by atoms with E-state index in [9.17, 15) is 4.79 Å². The number of aromatic nitrogens is 2. The van der Waals surface area contributed by atoms with Crippen LogP contribution in [0.4, 0.5) is 0 Å². The van der Waals surface area contributed by atoms with E-state index in [1.54, 1.807) is 0 Å². The van der Waals surface area contributed by atoms with E-state index < -0.39 is 0 Å². The number of fused-ring (bicyclic) bond motifs is 1. The number of rotatable bonds is 10. The fourth-order valence-electron chi connectivity index (χ4n) is 3.75. The van der Waals surface area contributed by atoms with Gasteiger partial charge in [-0.05, 0) is 58.5 Å². The van der Waals surface area contributed by atoms with Gasteiger partial charge in [-0.15, -0.1) is 11.3 Å². The molecule has 1 N–H and O–H groups in total. The van der Waals surface area contributed by atoms with Crippen molar-refractivity contribution in [3.8, 4) is 10.7 Å². The van der Waals surface area contributed by atoms with Gasteiger partial charge in [0.1, 0.15) is 10.7 Å². The lowest BCUT2D eigenvalue weighted by atomic mass is 10.1. The van der Waals surface area contributed by atoms with E-state index >= 15 is 0 Å². The molecule has 1 unspecified atom stereocenters. The maximum absolute atomic E-state index is 12.7. The highest BCUT2D eigenvalue weighted by atomic mass is 32.1. The highest BCUT2D eigenvalue weighted by Gasteiger charge is 2.17. The number of aryl methyl sites for hydroxylation is 1. The topological polar surface area (TPSA) is 50.2 Å². The molecule has 156 valence electrons. The van der Waals surface area contributed by atoms with Crippen LogP contribution in [-0.4, -0.2) is 46.0 Å². The maximum atomic E-state index is 12.7. The van der Waals surface area contributed by atoms with Crippen molar-refractivity contribution >= 4 is 28.1 Å². The fraction of sp³-hybridized carbons (Fsp3) is 0.478. The Morgan fingerprint density at radius 1 is 1.24 bits per heavy atom. The van der Waals surface area contributed by atoms with Crippen molar-refractivity contribution in [2.45, 2.75) is 53.1 Å². The van der Waals surface area contributed by atoms with Crippen LogP contribution >= 0.6 is 11.3 Å². The number of amides is 1. The minimum absolute atomic E-state index is 0.0815. The van der Waals surface area contributed by atoms with Crippen LogP contribution in [0.1, 0.15) is 51.0 Å². The minimum Gasteiger partial charge on any atom is -0.348 e. The molecule has 0 aliphatic rings. The second-order valence-electron chi connectivity index (χ2n) is 7.41. The number of para-hydroxylation sites is 1. The van der Waals surface area contributed by atoms with Crippen LogP contribution in [0.5, 0.6) is 0 Å². The predicted octanol–water partition coefficient (Wildman–Crippen LogP) is 5.03. The summed E-state index contributed by atoms with van der Waals surface area (Å²) in [5, 5.41) is 7.06. The van der Waals surface area contributed by atoms with E-state index in [-0.39, 0.29) is 11.9 Å². The van der Waals surface area contributed by atoms with E-state index in [2.05, 4.69) is 77.8 Å². The standard InChI is InChI=1S/C23H32N4OS/c1-5-26(6-2)14-10-11-17(4)24-22(28)19-16-29-23(25-19)21-15-18-12-8-9-13-20(18)27(21)7-3/h8-9,12-13,15-17H,5-7,10-11,14H2,1-4H3,(H,24,28). The summed E-state index contributed by atoms with van der Waals surface area (Å²) in [6.07, 6.45) is 2.06. The van der Waals surface area contributed by atoms with Crippen LogP contribution in [0.2, 0.25) is 0 Å². The monoisotopic (exact) mass is 412 g/mol. The van der Waals surface area contributed by atoms with Crippen molar-refractivity contribution in [1.29, 1.82) is 0 Å². The van der Waals surface area contributed by atoms with Crippen LogP contribution in [0.15, 0.2) is 35.7 Å².